The Labute approximate surface area is 192 Å². The molecule has 5 N–H and O–H groups in total. The van der Waals surface area contributed by atoms with Crippen LogP contribution in [0.1, 0.15) is 46.1 Å². The number of nitrogens with one attached hydrogen (secondary N) is 3. The number of primary amides is 1. The smallest absolute Gasteiger partial charge is 0.237 e. The van der Waals surface area contributed by atoms with Crippen LogP contribution in [0.5, 0.6) is 0 Å². The van der Waals surface area contributed by atoms with Crippen molar-refractivity contribution in [1.29, 1.82) is 0 Å². The van der Waals surface area contributed by atoms with Gasteiger partial charge in [-0.1, -0.05) is 45.9 Å². The van der Waals surface area contributed by atoms with Crippen LogP contribution in [-0.4, -0.2) is 40.7 Å². The van der Waals surface area contributed by atoms with Gasteiger partial charge < -0.3 is 21.4 Å². The Balaban J connectivity index is 0.00000450. The molecule has 1 aromatic carbocycles. The number of fused-ring (bicyclic) bond motifs is 1. The zero-order chi connectivity index (χ0) is 21.6. The maximum Gasteiger partial charge on any atom is 0.237 e. The van der Waals surface area contributed by atoms with E-state index in [0.717, 1.165) is 16.5 Å². The molecule has 30 heavy (non-hydrogen) atoms. The molecular weight excluding hydrogens is 552 g/mol. The van der Waals surface area contributed by atoms with Crippen molar-refractivity contribution in [3.8, 4) is 0 Å². The van der Waals surface area contributed by atoms with Crippen LogP contribution in [0.25, 0.3) is 10.9 Å². The average Bonchev–Trinajstić information content (AvgIpc) is 3.06. The summed E-state index contributed by atoms with van der Waals surface area (Å²) in [6.07, 6.45) is 2.67. The monoisotopic (exact) mass is 584 g/mol. The quantitative estimate of drug-likeness (QED) is 0.324. The van der Waals surface area contributed by atoms with Crippen LogP contribution in [0.3, 0.4) is 0 Å². The van der Waals surface area contributed by atoms with Crippen LogP contribution in [0, 0.1) is 5.92 Å². The second-order valence-corrected chi connectivity index (χ2v) is 8.06. The molecule has 0 fully saturated rings. The molecule has 0 unspecified atom stereocenters. The first-order valence-corrected chi connectivity index (χ1v) is 10.1. The van der Waals surface area contributed by atoms with Gasteiger partial charge >= 0.3 is 0 Å². The number of benzene rings is 1. The van der Waals surface area contributed by atoms with Gasteiger partial charge in [-0.25, -0.2) is 0 Å². The fraction of sp³-hybridized carbons (Fsp3) is 0.500. The van der Waals surface area contributed by atoms with Crippen LogP contribution >= 0.6 is 0 Å². The zero-order valence-corrected chi connectivity index (χ0v) is 21.0. The SMILES string of the molecule is CC(C)N[C@@H](CCC(N)=O)C(=O)N[C@@H](Cc1c[nH]c2ccccc12)C(=O)C(C)C.[W]. The molecule has 0 aliphatic carbocycles. The van der Waals surface area contributed by atoms with Crippen molar-refractivity contribution in [3.63, 3.8) is 0 Å². The number of hydrogen-bond donors (Lipinski definition) is 4. The molecule has 2 aromatic rings. The van der Waals surface area contributed by atoms with Crippen LogP contribution in [0.2, 0.25) is 0 Å². The number of H-pyrrole nitrogens is 1. The number of aromatic nitrogens is 1. The summed E-state index contributed by atoms with van der Waals surface area (Å²) in [7, 11) is 0. The van der Waals surface area contributed by atoms with E-state index in [9.17, 15) is 14.4 Å². The maximum absolute atomic E-state index is 12.9. The van der Waals surface area contributed by atoms with Gasteiger partial charge in [0, 0.05) is 63.0 Å². The summed E-state index contributed by atoms with van der Waals surface area (Å²) in [5.74, 6) is -0.991. The molecule has 0 aliphatic heterocycles. The third kappa shape index (κ3) is 7.37. The van der Waals surface area contributed by atoms with E-state index >= 15 is 0 Å². The second kappa shape index (κ2) is 12.0. The van der Waals surface area contributed by atoms with Crippen LogP contribution in [-0.2, 0) is 41.9 Å². The number of rotatable bonds is 11. The summed E-state index contributed by atoms with van der Waals surface area (Å²) in [5.41, 5.74) is 7.22. The van der Waals surface area contributed by atoms with Gasteiger partial charge in [0.2, 0.25) is 11.8 Å². The first-order valence-electron chi connectivity index (χ1n) is 10.1. The summed E-state index contributed by atoms with van der Waals surface area (Å²) in [6, 6.07) is 6.68. The molecule has 164 valence electrons. The van der Waals surface area contributed by atoms with Gasteiger partial charge in [0.25, 0.3) is 0 Å². The fourth-order valence-corrected chi connectivity index (χ4v) is 3.40. The predicted octanol–water partition coefficient (Wildman–Crippen LogP) is 2.05. The molecule has 0 spiro atoms. The van der Waals surface area contributed by atoms with E-state index in [1.807, 2.05) is 58.2 Å². The summed E-state index contributed by atoms with van der Waals surface area (Å²) in [4.78, 5) is 40.1. The molecule has 2 amide bonds. The minimum atomic E-state index is -0.647. The van der Waals surface area contributed by atoms with Crippen LogP contribution in [0.15, 0.2) is 30.5 Å². The van der Waals surface area contributed by atoms with E-state index in [0.29, 0.717) is 6.42 Å². The van der Waals surface area contributed by atoms with Crippen molar-refractivity contribution in [2.75, 3.05) is 0 Å². The molecule has 1 heterocycles. The molecule has 8 heteroatoms. The Bertz CT molecular complexity index is 863. The minimum Gasteiger partial charge on any atom is -0.370 e. The van der Waals surface area contributed by atoms with Gasteiger partial charge in [-0.2, -0.15) is 0 Å². The maximum atomic E-state index is 12.9. The van der Waals surface area contributed by atoms with E-state index < -0.39 is 18.0 Å². The second-order valence-electron chi connectivity index (χ2n) is 8.06. The minimum absolute atomic E-state index is 0. The fourth-order valence-electron chi connectivity index (χ4n) is 3.40. The number of Topliss-reactive ketones (excluding diaryl/α,β-unsaturated/α-hetero) is 1. The Morgan fingerprint density at radius 3 is 2.33 bits per heavy atom. The number of amides is 2. The van der Waals surface area contributed by atoms with Crippen molar-refractivity contribution in [2.24, 2.45) is 11.7 Å². The molecule has 0 aliphatic rings. The normalized spacial score (nSPS) is 13.1. The molecule has 2 atom stereocenters. The molecule has 1 aromatic heterocycles. The largest absolute Gasteiger partial charge is 0.370 e. The molecule has 0 saturated carbocycles. The molecule has 2 rings (SSSR count). The summed E-state index contributed by atoms with van der Waals surface area (Å²) < 4.78 is 0. The number of nitrogens with two attached hydrogens (primary N) is 1. The number of para-hydroxylation sites is 1. The third-order valence-electron chi connectivity index (χ3n) is 4.86. The number of carbonyl (C=O) groups excluding carboxylic acids is 3. The molecule has 0 saturated heterocycles. The topological polar surface area (TPSA) is 117 Å². The first-order chi connectivity index (χ1) is 13.7. The molecular formula is C22H32N4O3W. The summed E-state index contributed by atoms with van der Waals surface area (Å²) in [6.45, 7) is 7.50. The molecule has 0 bridgehead atoms. The Kier molecular flexibility index (Phi) is 10.4. The van der Waals surface area contributed by atoms with Gasteiger partial charge in [0.05, 0.1) is 12.1 Å². The van der Waals surface area contributed by atoms with E-state index in [-0.39, 0.29) is 57.6 Å². The standard InChI is InChI=1S/C22H32N4O3.W/c1-13(2)21(28)19(11-15-12-24-17-8-6-5-7-16(15)17)26-22(29)18(25-14(3)4)9-10-20(23)27;/h5-8,12-14,18-19,24-25H,9-11H2,1-4H3,(H2,23,27)(H,26,29);/t18-,19-;/m0./s1. The van der Waals surface area contributed by atoms with Crippen molar-refractivity contribution in [2.45, 2.75) is 65.1 Å². The van der Waals surface area contributed by atoms with E-state index in [1.54, 1.807) is 0 Å². The van der Waals surface area contributed by atoms with Gasteiger partial charge in [-0.05, 0) is 18.1 Å². The van der Waals surface area contributed by atoms with E-state index in [4.69, 9.17) is 5.73 Å². The average molecular weight is 584 g/mol. The Hall–Kier alpha value is -1.98. The Morgan fingerprint density at radius 2 is 1.73 bits per heavy atom. The van der Waals surface area contributed by atoms with Crippen molar-refractivity contribution < 1.29 is 35.4 Å². The molecule has 7 nitrogen and oxygen atoms in total. The van der Waals surface area contributed by atoms with E-state index in [2.05, 4.69) is 15.6 Å². The van der Waals surface area contributed by atoms with Gasteiger partial charge in [-0.15, -0.1) is 0 Å². The number of ketones is 1. The van der Waals surface area contributed by atoms with Gasteiger partial charge in [0.1, 0.15) is 0 Å². The Morgan fingerprint density at radius 1 is 1.07 bits per heavy atom. The summed E-state index contributed by atoms with van der Waals surface area (Å²) >= 11 is 0. The van der Waals surface area contributed by atoms with E-state index in [1.165, 1.54) is 0 Å². The van der Waals surface area contributed by atoms with Crippen molar-refractivity contribution in [3.05, 3.63) is 36.0 Å². The third-order valence-corrected chi connectivity index (χ3v) is 4.86. The van der Waals surface area contributed by atoms with Gasteiger partial charge in [-0.3, -0.25) is 14.4 Å². The van der Waals surface area contributed by atoms with Crippen molar-refractivity contribution >= 4 is 28.5 Å². The van der Waals surface area contributed by atoms with Crippen molar-refractivity contribution in [1.82, 2.24) is 15.6 Å². The summed E-state index contributed by atoms with van der Waals surface area (Å²) in [5, 5.41) is 7.11. The first kappa shape index (κ1) is 26.1. The number of carbonyl (C=O) groups is 3. The van der Waals surface area contributed by atoms with Crippen LogP contribution < -0.4 is 16.4 Å². The predicted molar refractivity (Wildman–Crippen MR) is 114 cm³/mol. The van der Waals surface area contributed by atoms with Crippen LogP contribution in [0.4, 0.5) is 0 Å². The zero-order valence-electron chi connectivity index (χ0n) is 18.0. The number of hydrogen-bond acceptors (Lipinski definition) is 4. The number of aromatic amines is 1. The molecule has 0 radical (unpaired) electrons. The van der Waals surface area contributed by atoms with Gasteiger partial charge in [0.15, 0.2) is 5.78 Å².